The maximum Gasteiger partial charge on any atom is 0.276 e. The summed E-state index contributed by atoms with van der Waals surface area (Å²) in [7, 11) is 0. The Morgan fingerprint density at radius 1 is 0.968 bits per heavy atom. The van der Waals surface area contributed by atoms with E-state index in [1.807, 2.05) is 17.0 Å². The van der Waals surface area contributed by atoms with E-state index in [0.717, 1.165) is 45.4 Å². The van der Waals surface area contributed by atoms with Gasteiger partial charge in [-0.2, -0.15) is 0 Å². The number of nitrogens with zero attached hydrogens (tertiary/aromatic N) is 5. The van der Waals surface area contributed by atoms with Crippen LogP contribution in [0.5, 0.6) is 0 Å². The predicted octanol–water partition coefficient (Wildman–Crippen LogP) is 2.95. The van der Waals surface area contributed by atoms with Gasteiger partial charge in [0.25, 0.3) is 5.91 Å². The van der Waals surface area contributed by atoms with Crippen LogP contribution < -0.4 is 0 Å². The first-order valence-corrected chi connectivity index (χ1v) is 11.2. The summed E-state index contributed by atoms with van der Waals surface area (Å²) in [6.45, 7) is 6.20. The Kier molecular flexibility index (Phi) is 5.55. The third kappa shape index (κ3) is 4.26. The second-order valence-corrected chi connectivity index (χ2v) is 8.74. The molecule has 0 saturated carbocycles. The topological polar surface area (TPSA) is 54.3 Å². The van der Waals surface area contributed by atoms with Crippen LogP contribution in [0.4, 0.5) is 0 Å². The highest BCUT2D eigenvalue weighted by molar-refractivity contribution is 5.91. The summed E-state index contributed by atoms with van der Waals surface area (Å²) in [5.74, 6) is -0.00686. The molecule has 160 valence electrons. The molecule has 1 aliphatic carbocycles. The molecule has 1 fully saturated rings. The van der Waals surface area contributed by atoms with Crippen LogP contribution in [0.2, 0.25) is 0 Å². The summed E-state index contributed by atoms with van der Waals surface area (Å²) in [5, 5.41) is 8.38. The lowest BCUT2D eigenvalue weighted by Crippen LogP contribution is -2.40. The fraction of sp³-hybridized carbons (Fsp3) is 0.400. The van der Waals surface area contributed by atoms with Gasteiger partial charge in [0.15, 0.2) is 5.69 Å². The first kappa shape index (κ1) is 19.9. The summed E-state index contributed by atoms with van der Waals surface area (Å²) >= 11 is 0. The van der Waals surface area contributed by atoms with Crippen molar-refractivity contribution >= 4 is 5.91 Å². The van der Waals surface area contributed by atoms with Crippen LogP contribution >= 0.6 is 0 Å². The zero-order valence-corrected chi connectivity index (χ0v) is 18.1. The van der Waals surface area contributed by atoms with Crippen molar-refractivity contribution in [3.63, 3.8) is 0 Å². The van der Waals surface area contributed by atoms with Crippen molar-refractivity contribution in [1.29, 1.82) is 0 Å². The Morgan fingerprint density at radius 2 is 1.71 bits per heavy atom. The molecule has 2 heterocycles. The monoisotopic (exact) mass is 415 g/mol. The van der Waals surface area contributed by atoms with Crippen molar-refractivity contribution in [2.24, 2.45) is 0 Å². The number of carbonyl (C=O) groups is 1. The number of benzene rings is 2. The van der Waals surface area contributed by atoms with E-state index in [1.54, 1.807) is 10.9 Å². The van der Waals surface area contributed by atoms with Crippen LogP contribution in [-0.4, -0.2) is 62.9 Å². The molecule has 6 heteroatoms. The van der Waals surface area contributed by atoms with E-state index in [9.17, 15) is 4.79 Å². The van der Waals surface area contributed by atoms with Gasteiger partial charge in [-0.1, -0.05) is 53.7 Å². The van der Waals surface area contributed by atoms with Gasteiger partial charge in [0.05, 0.1) is 12.7 Å². The summed E-state index contributed by atoms with van der Waals surface area (Å²) in [5.41, 5.74) is 5.81. The standard InChI is InChI=1S/C25H29N5O/c1-19-7-2-3-10-22(19)17-30-18-24(26-27-30)25(31)29-12-6-11-28(13-14-29)23-15-20-8-4-5-9-21(20)16-23/h2-5,7-10,18,23H,6,11-17H2,1H3. The number of aromatic nitrogens is 3. The minimum absolute atomic E-state index is 0.00686. The van der Waals surface area contributed by atoms with Crippen LogP contribution in [0.3, 0.4) is 0 Å². The van der Waals surface area contributed by atoms with E-state index in [0.29, 0.717) is 18.3 Å². The van der Waals surface area contributed by atoms with E-state index >= 15 is 0 Å². The van der Waals surface area contributed by atoms with Gasteiger partial charge in [0, 0.05) is 32.2 Å². The van der Waals surface area contributed by atoms with E-state index in [-0.39, 0.29) is 5.91 Å². The zero-order valence-electron chi connectivity index (χ0n) is 18.1. The lowest BCUT2D eigenvalue weighted by molar-refractivity contribution is 0.0752. The van der Waals surface area contributed by atoms with Gasteiger partial charge in [0.2, 0.25) is 0 Å². The molecule has 0 atom stereocenters. The molecule has 5 rings (SSSR count). The molecule has 0 N–H and O–H groups in total. The average molecular weight is 416 g/mol. The van der Waals surface area contributed by atoms with Crippen LogP contribution in [0.1, 0.15) is 39.2 Å². The quantitative estimate of drug-likeness (QED) is 0.658. The Labute approximate surface area is 183 Å². The van der Waals surface area contributed by atoms with Crippen molar-refractivity contribution in [3.05, 3.63) is 82.7 Å². The first-order valence-electron chi connectivity index (χ1n) is 11.2. The maximum absolute atomic E-state index is 13.1. The summed E-state index contributed by atoms with van der Waals surface area (Å²) < 4.78 is 1.76. The minimum Gasteiger partial charge on any atom is -0.336 e. The number of fused-ring (bicyclic) bond motifs is 1. The fourth-order valence-electron chi connectivity index (χ4n) is 4.90. The second-order valence-electron chi connectivity index (χ2n) is 8.74. The molecule has 0 radical (unpaired) electrons. The van der Waals surface area contributed by atoms with Crippen molar-refractivity contribution in [2.45, 2.75) is 38.8 Å². The van der Waals surface area contributed by atoms with Crippen molar-refractivity contribution < 1.29 is 4.79 Å². The number of carbonyl (C=O) groups excluding carboxylic acids is 1. The molecule has 1 saturated heterocycles. The van der Waals surface area contributed by atoms with E-state index in [2.05, 4.69) is 58.5 Å². The molecular weight excluding hydrogens is 386 g/mol. The molecule has 2 aliphatic rings. The smallest absolute Gasteiger partial charge is 0.276 e. The molecule has 1 aromatic heterocycles. The minimum atomic E-state index is -0.00686. The van der Waals surface area contributed by atoms with E-state index < -0.39 is 0 Å². The van der Waals surface area contributed by atoms with E-state index in [1.165, 1.54) is 22.3 Å². The van der Waals surface area contributed by atoms with E-state index in [4.69, 9.17) is 0 Å². The highest BCUT2D eigenvalue weighted by atomic mass is 16.2. The molecule has 0 unspecified atom stereocenters. The molecule has 3 aromatic rings. The molecular formula is C25H29N5O. The van der Waals surface area contributed by atoms with Gasteiger partial charge in [-0.25, -0.2) is 4.68 Å². The van der Waals surface area contributed by atoms with Gasteiger partial charge in [-0.3, -0.25) is 9.69 Å². The summed E-state index contributed by atoms with van der Waals surface area (Å²) in [6.07, 6.45) is 5.02. The third-order valence-corrected chi connectivity index (χ3v) is 6.71. The van der Waals surface area contributed by atoms with Gasteiger partial charge in [0.1, 0.15) is 0 Å². The highest BCUT2D eigenvalue weighted by Gasteiger charge is 2.29. The molecule has 1 amide bonds. The molecule has 0 spiro atoms. The van der Waals surface area contributed by atoms with Gasteiger partial charge in [-0.15, -0.1) is 5.10 Å². The van der Waals surface area contributed by atoms with Crippen molar-refractivity contribution in [2.75, 3.05) is 26.2 Å². The third-order valence-electron chi connectivity index (χ3n) is 6.71. The van der Waals surface area contributed by atoms with Crippen LogP contribution in [0, 0.1) is 6.92 Å². The lowest BCUT2D eigenvalue weighted by atomic mass is 10.1. The summed E-state index contributed by atoms with van der Waals surface area (Å²) in [6, 6.07) is 17.6. The van der Waals surface area contributed by atoms with Gasteiger partial charge >= 0.3 is 0 Å². The number of hydrogen-bond donors (Lipinski definition) is 0. The number of rotatable bonds is 4. The molecule has 6 nitrogen and oxygen atoms in total. The largest absolute Gasteiger partial charge is 0.336 e. The Balaban J connectivity index is 1.20. The number of hydrogen-bond acceptors (Lipinski definition) is 4. The highest BCUT2D eigenvalue weighted by Crippen LogP contribution is 2.26. The lowest BCUT2D eigenvalue weighted by Gasteiger charge is -2.27. The number of aryl methyl sites for hydroxylation is 1. The molecule has 2 aromatic carbocycles. The van der Waals surface area contributed by atoms with Crippen molar-refractivity contribution in [3.8, 4) is 0 Å². The second kappa shape index (κ2) is 8.63. The van der Waals surface area contributed by atoms with Gasteiger partial charge < -0.3 is 4.90 Å². The molecule has 0 bridgehead atoms. The Bertz CT molecular complexity index is 1050. The normalized spacial score (nSPS) is 17.5. The molecule has 1 aliphatic heterocycles. The summed E-state index contributed by atoms with van der Waals surface area (Å²) in [4.78, 5) is 17.6. The van der Waals surface area contributed by atoms with Crippen molar-refractivity contribution in [1.82, 2.24) is 24.8 Å². The van der Waals surface area contributed by atoms with Crippen LogP contribution in [0.25, 0.3) is 0 Å². The first-order chi connectivity index (χ1) is 15.2. The average Bonchev–Trinajstić information content (AvgIpc) is 3.35. The SMILES string of the molecule is Cc1ccccc1Cn1cc(C(=O)N2CCCN(C3Cc4ccccc4C3)CC2)nn1. The van der Waals surface area contributed by atoms with Crippen LogP contribution in [0.15, 0.2) is 54.7 Å². The van der Waals surface area contributed by atoms with Crippen LogP contribution in [-0.2, 0) is 19.4 Å². The van der Waals surface area contributed by atoms with Gasteiger partial charge in [-0.05, 0) is 48.4 Å². The molecule has 31 heavy (non-hydrogen) atoms. The number of amides is 1. The maximum atomic E-state index is 13.1. The fourth-order valence-corrected chi connectivity index (χ4v) is 4.90. The Hall–Kier alpha value is -2.99. The zero-order chi connectivity index (χ0) is 21.2. The predicted molar refractivity (Wildman–Crippen MR) is 120 cm³/mol. The Morgan fingerprint density at radius 3 is 2.48 bits per heavy atom.